The van der Waals surface area contributed by atoms with E-state index in [0.717, 1.165) is 22.9 Å². The molecule has 0 aliphatic heterocycles. The van der Waals surface area contributed by atoms with Crippen LogP contribution in [0.5, 0.6) is 0 Å². The van der Waals surface area contributed by atoms with Crippen LogP contribution >= 0.6 is 34.7 Å². The lowest BCUT2D eigenvalue weighted by atomic mass is 10.2. The molecular formula is C12H16ClNOS2. The average molecular weight is 290 g/mol. The van der Waals surface area contributed by atoms with Gasteiger partial charge in [-0.25, -0.2) is 0 Å². The SMILES string of the molecule is O=C(CSCc1ccc(Cl)s1)NC1CCCC1. The van der Waals surface area contributed by atoms with E-state index in [1.807, 2.05) is 12.1 Å². The average Bonchev–Trinajstić information content (AvgIpc) is 2.90. The number of nitrogens with one attached hydrogen (secondary N) is 1. The zero-order valence-corrected chi connectivity index (χ0v) is 12.0. The van der Waals surface area contributed by atoms with Crippen molar-refractivity contribution >= 4 is 40.6 Å². The Morgan fingerprint density at radius 1 is 1.47 bits per heavy atom. The summed E-state index contributed by atoms with van der Waals surface area (Å²) >= 11 is 9.08. The number of thiophene rings is 1. The summed E-state index contributed by atoms with van der Waals surface area (Å²) in [6.45, 7) is 0. The second-order valence-electron chi connectivity index (χ2n) is 4.25. The lowest BCUT2D eigenvalue weighted by molar-refractivity contribution is -0.119. The maximum atomic E-state index is 11.6. The van der Waals surface area contributed by atoms with Gasteiger partial charge in [-0.05, 0) is 25.0 Å². The molecule has 2 rings (SSSR count). The minimum atomic E-state index is 0.171. The number of hydrogen-bond acceptors (Lipinski definition) is 3. The van der Waals surface area contributed by atoms with E-state index in [0.29, 0.717) is 11.8 Å². The predicted octanol–water partition coefficient (Wildman–Crippen LogP) is 3.69. The van der Waals surface area contributed by atoms with Gasteiger partial charge in [-0.3, -0.25) is 4.79 Å². The third-order valence-electron chi connectivity index (χ3n) is 2.83. The second kappa shape index (κ2) is 6.66. The fourth-order valence-corrected chi connectivity index (χ4v) is 4.05. The van der Waals surface area contributed by atoms with E-state index in [-0.39, 0.29) is 5.91 Å². The highest BCUT2D eigenvalue weighted by Gasteiger charge is 2.16. The smallest absolute Gasteiger partial charge is 0.230 e. The summed E-state index contributed by atoms with van der Waals surface area (Å²) in [5, 5.41) is 3.09. The van der Waals surface area contributed by atoms with Gasteiger partial charge in [0, 0.05) is 16.7 Å². The minimum Gasteiger partial charge on any atom is -0.353 e. The lowest BCUT2D eigenvalue weighted by Gasteiger charge is -2.11. The van der Waals surface area contributed by atoms with E-state index in [2.05, 4.69) is 5.32 Å². The van der Waals surface area contributed by atoms with Crippen molar-refractivity contribution in [3.63, 3.8) is 0 Å². The molecule has 94 valence electrons. The molecule has 0 spiro atoms. The Labute approximate surface area is 115 Å². The Morgan fingerprint density at radius 3 is 2.88 bits per heavy atom. The molecule has 0 atom stereocenters. The van der Waals surface area contributed by atoms with E-state index in [9.17, 15) is 4.79 Å². The summed E-state index contributed by atoms with van der Waals surface area (Å²) in [5.41, 5.74) is 0. The number of amides is 1. The van der Waals surface area contributed by atoms with Crippen LogP contribution in [0.3, 0.4) is 0 Å². The Hall–Kier alpha value is -0.190. The van der Waals surface area contributed by atoms with Crippen molar-refractivity contribution in [1.82, 2.24) is 5.32 Å². The molecule has 0 saturated heterocycles. The summed E-state index contributed by atoms with van der Waals surface area (Å²) in [7, 11) is 0. The van der Waals surface area contributed by atoms with Crippen molar-refractivity contribution in [1.29, 1.82) is 0 Å². The molecule has 0 aromatic carbocycles. The number of rotatable bonds is 5. The van der Waals surface area contributed by atoms with Crippen LogP contribution in [0.2, 0.25) is 4.34 Å². The number of carbonyl (C=O) groups is 1. The summed E-state index contributed by atoms with van der Waals surface area (Å²) < 4.78 is 0.816. The largest absolute Gasteiger partial charge is 0.353 e. The van der Waals surface area contributed by atoms with Gasteiger partial charge in [-0.1, -0.05) is 24.4 Å². The van der Waals surface area contributed by atoms with E-state index in [1.165, 1.54) is 17.7 Å². The van der Waals surface area contributed by atoms with Crippen LogP contribution in [-0.2, 0) is 10.5 Å². The summed E-state index contributed by atoms with van der Waals surface area (Å²) in [6.07, 6.45) is 4.81. The van der Waals surface area contributed by atoms with Gasteiger partial charge in [-0.2, -0.15) is 0 Å². The van der Waals surface area contributed by atoms with Crippen LogP contribution in [0, 0.1) is 0 Å². The highest BCUT2D eigenvalue weighted by atomic mass is 35.5. The molecule has 1 fully saturated rings. The Morgan fingerprint density at radius 2 is 2.24 bits per heavy atom. The van der Waals surface area contributed by atoms with Gasteiger partial charge < -0.3 is 5.32 Å². The molecule has 1 aromatic heterocycles. The maximum Gasteiger partial charge on any atom is 0.230 e. The van der Waals surface area contributed by atoms with Gasteiger partial charge in [0.1, 0.15) is 0 Å². The van der Waals surface area contributed by atoms with E-state index in [4.69, 9.17) is 11.6 Å². The molecule has 5 heteroatoms. The monoisotopic (exact) mass is 289 g/mol. The van der Waals surface area contributed by atoms with Crippen molar-refractivity contribution in [2.75, 3.05) is 5.75 Å². The zero-order valence-electron chi connectivity index (χ0n) is 9.58. The normalized spacial score (nSPS) is 16.3. The van der Waals surface area contributed by atoms with Crippen molar-refractivity contribution in [3.05, 3.63) is 21.3 Å². The number of carbonyl (C=O) groups excluding carboxylic acids is 1. The summed E-state index contributed by atoms with van der Waals surface area (Å²) in [4.78, 5) is 12.9. The molecule has 1 N–H and O–H groups in total. The van der Waals surface area contributed by atoms with Crippen LogP contribution in [0.4, 0.5) is 0 Å². The molecule has 0 unspecified atom stereocenters. The van der Waals surface area contributed by atoms with Crippen LogP contribution in [0.1, 0.15) is 30.6 Å². The summed E-state index contributed by atoms with van der Waals surface area (Å²) in [6, 6.07) is 4.36. The topological polar surface area (TPSA) is 29.1 Å². The van der Waals surface area contributed by atoms with Crippen LogP contribution in [0.25, 0.3) is 0 Å². The highest BCUT2D eigenvalue weighted by molar-refractivity contribution is 7.99. The third kappa shape index (κ3) is 4.53. The first-order valence-corrected chi connectivity index (χ1v) is 8.20. The molecule has 0 bridgehead atoms. The Bertz CT molecular complexity index is 374. The molecule has 1 aromatic rings. The molecular weight excluding hydrogens is 274 g/mol. The first kappa shape index (κ1) is 13.2. The molecule has 0 radical (unpaired) electrons. The fraction of sp³-hybridized carbons (Fsp3) is 0.583. The quantitative estimate of drug-likeness (QED) is 0.896. The van der Waals surface area contributed by atoms with Gasteiger partial charge in [-0.15, -0.1) is 23.1 Å². The number of halogens is 1. The second-order valence-corrected chi connectivity index (χ2v) is 7.03. The summed E-state index contributed by atoms with van der Waals surface area (Å²) in [5.74, 6) is 1.59. The molecule has 2 nitrogen and oxygen atoms in total. The number of thioether (sulfide) groups is 1. The van der Waals surface area contributed by atoms with Gasteiger partial charge in [0.2, 0.25) is 5.91 Å². The molecule has 1 aliphatic rings. The lowest BCUT2D eigenvalue weighted by Crippen LogP contribution is -2.33. The van der Waals surface area contributed by atoms with E-state index < -0.39 is 0 Å². The molecule has 17 heavy (non-hydrogen) atoms. The Kier molecular flexibility index (Phi) is 5.19. The first-order chi connectivity index (χ1) is 8.24. The van der Waals surface area contributed by atoms with E-state index in [1.54, 1.807) is 23.1 Å². The van der Waals surface area contributed by atoms with Crippen molar-refractivity contribution in [2.45, 2.75) is 37.5 Å². The van der Waals surface area contributed by atoms with Crippen molar-refractivity contribution in [3.8, 4) is 0 Å². The van der Waals surface area contributed by atoms with Gasteiger partial charge in [0.05, 0.1) is 10.1 Å². The fourth-order valence-electron chi connectivity index (χ4n) is 2.01. The van der Waals surface area contributed by atoms with Gasteiger partial charge >= 0.3 is 0 Å². The van der Waals surface area contributed by atoms with Crippen molar-refractivity contribution < 1.29 is 4.79 Å². The zero-order chi connectivity index (χ0) is 12.1. The predicted molar refractivity (Wildman–Crippen MR) is 75.9 cm³/mol. The molecule has 1 aliphatic carbocycles. The van der Waals surface area contributed by atoms with Crippen LogP contribution < -0.4 is 5.32 Å². The van der Waals surface area contributed by atoms with Gasteiger partial charge in [0.25, 0.3) is 0 Å². The van der Waals surface area contributed by atoms with E-state index >= 15 is 0 Å². The van der Waals surface area contributed by atoms with Crippen LogP contribution in [-0.4, -0.2) is 17.7 Å². The minimum absolute atomic E-state index is 0.171. The molecule has 1 saturated carbocycles. The highest BCUT2D eigenvalue weighted by Crippen LogP contribution is 2.25. The Balaban J connectivity index is 1.62. The maximum absolute atomic E-state index is 11.6. The molecule has 1 amide bonds. The number of hydrogen-bond donors (Lipinski definition) is 1. The molecule has 1 heterocycles. The first-order valence-electron chi connectivity index (χ1n) is 5.85. The van der Waals surface area contributed by atoms with Gasteiger partial charge in [0.15, 0.2) is 0 Å². The van der Waals surface area contributed by atoms with Crippen molar-refractivity contribution in [2.24, 2.45) is 0 Å². The third-order valence-corrected chi connectivity index (χ3v) is 5.22. The standard InChI is InChI=1S/C12H16ClNOS2/c13-11-6-5-10(17-11)7-16-8-12(15)14-9-3-1-2-4-9/h5-6,9H,1-4,7-8H2,(H,14,15). The van der Waals surface area contributed by atoms with Crippen LogP contribution in [0.15, 0.2) is 12.1 Å².